The Kier molecular flexibility index (Phi) is 6.23. The van der Waals surface area contributed by atoms with Gasteiger partial charge in [0.15, 0.2) is 0 Å². The summed E-state index contributed by atoms with van der Waals surface area (Å²) in [6, 6.07) is 16.1. The third kappa shape index (κ3) is 5.03. The SMILES string of the molecule is Cc1ccc(S(=O)(=O)NCCNC(=O)c2ccc(-c3ccc(F)cc3)s2)cc1. The molecular formula is C20H19FN2O3S2. The molecule has 0 aliphatic carbocycles. The van der Waals surface area contributed by atoms with Gasteiger partial charge < -0.3 is 5.32 Å². The standard InChI is InChI=1S/C20H19FN2O3S2/c1-14-2-8-17(9-3-14)28(25,26)23-13-12-22-20(24)19-11-10-18(27-19)15-4-6-16(21)7-5-15/h2-11,23H,12-13H2,1H3,(H,22,24). The Balaban J connectivity index is 1.52. The molecule has 0 fully saturated rings. The Morgan fingerprint density at radius 1 is 0.964 bits per heavy atom. The van der Waals surface area contributed by atoms with E-state index < -0.39 is 10.0 Å². The number of thiophene rings is 1. The lowest BCUT2D eigenvalue weighted by Crippen LogP contribution is -2.34. The molecule has 0 atom stereocenters. The summed E-state index contributed by atoms with van der Waals surface area (Å²) in [5.41, 5.74) is 1.80. The summed E-state index contributed by atoms with van der Waals surface area (Å²) < 4.78 is 39.9. The van der Waals surface area contributed by atoms with Gasteiger partial charge in [-0.1, -0.05) is 29.8 Å². The molecule has 3 aromatic rings. The number of hydrogen-bond donors (Lipinski definition) is 2. The normalized spacial score (nSPS) is 11.4. The second-order valence-corrected chi connectivity index (χ2v) is 8.99. The van der Waals surface area contributed by atoms with Crippen molar-refractivity contribution in [2.45, 2.75) is 11.8 Å². The van der Waals surface area contributed by atoms with Crippen molar-refractivity contribution in [1.29, 1.82) is 0 Å². The largest absolute Gasteiger partial charge is 0.350 e. The predicted molar refractivity (Wildman–Crippen MR) is 108 cm³/mol. The highest BCUT2D eigenvalue weighted by Crippen LogP contribution is 2.28. The molecule has 1 heterocycles. The van der Waals surface area contributed by atoms with Crippen molar-refractivity contribution in [1.82, 2.24) is 10.0 Å². The minimum absolute atomic E-state index is 0.0815. The maximum atomic E-state index is 13.0. The van der Waals surface area contributed by atoms with Gasteiger partial charge in [0.25, 0.3) is 5.91 Å². The Morgan fingerprint density at radius 2 is 1.64 bits per heavy atom. The highest BCUT2D eigenvalue weighted by atomic mass is 32.2. The van der Waals surface area contributed by atoms with Crippen LogP contribution in [0.2, 0.25) is 0 Å². The molecule has 2 N–H and O–H groups in total. The molecule has 0 saturated carbocycles. The van der Waals surface area contributed by atoms with Crippen molar-refractivity contribution in [3.8, 4) is 10.4 Å². The fraction of sp³-hybridized carbons (Fsp3) is 0.150. The van der Waals surface area contributed by atoms with E-state index in [0.717, 1.165) is 16.0 Å². The van der Waals surface area contributed by atoms with Crippen molar-refractivity contribution in [3.63, 3.8) is 0 Å². The third-order valence-electron chi connectivity index (χ3n) is 3.99. The number of nitrogens with one attached hydrogen (secondary N) is 2. The van der Waals surface area contributed by atoms with Crippen LogP contribution in [0.1, 0.15) is 15.2 Å². The predicted octanol–water partition coefficient (Wildman–Crippen LogP) is 3.57. The van der Waals surface area contributed by atoms with E-state index in [-0.39, 0.29) is 29.7 Å². The molecule has 1 amide bonds. The Hall–Kier alpha value is -2.55. The summed E-state index contributed by atoms with van der Waals surface area (Å²) in [5, 5.41) is 2.69. The van der Waals surface area contributed by atoms with E-state index in [0.29, 0.717) is 4.88 Å². The Bertz CT molecular complexity index is 1060. The van der Waals surface area contributed by atoms with Crippen LogP contribution in [0.5, 0.6) is 0 Å². The van der Waals surface area contributed by atoms with Crippen molar-refractivity contribution >= 4 is 27.3 Å². The van der Waals surface area contributed by atoms with E-state index in [2.05, 4.69) is 10.0 Å². The summed E-state index contributed by atoms with van der Waals surface area (Å²) in [5.74, 6) is -0.598. The molecular weight excluding hydrogens is 399 g/mol. The summed E-state index contributed by atoms with van der Waals surface area (Å²) in [6.07, 6.45) is 0. The van der Waals surface area contributed by atoms with Crippen LogP contribution in [0.25, 0.3) is 10.4 Å². The number of hydrogen-bond acceptors (Lipinski definition) is 4. The molecule has 0 saturated heterocycles. The van der Waals surface area contributed by atoms with Gasteiger partial charge in [0.1, 0.15) is 5.82 Å². The van der Waals surface area contributed by atoms with Crippen LogP contribution in [-0.2, 0) is 10.0 Å². The van der Waals surface area contributed by atoms with E-state index in [9.17, 15) is 17.6 Å². The molecule has 0 aliphatic heterocycles. The second-order valence-electron chi connectivity index (χ2n) is 6.14. The minimum atomic E-state index is -3.60. The molecule has 0 unspecified atom stereocenters. The molecule has 28 heavy (non-hydrogen) atoms. The van der Waals surface area contributed by atoms with Crippen LogP contribution >= 0.6 is 11.3 Å². The first kappa shape index (κ1) is 20.2. The summed E-state index contributed by atoms with van der Waals surface area (Å²) in [6.45, 7) is 2.12. The zero-order valence-corrected chi connectivity index (χ0v) is 16.7. The Morgan fingerprint density at radius 3 is 2.32 bits per heavy atom. The van der Waals surface area contributed by atoms with Crippen LogP contribution < -0.4 is 10.0 Å². The van der Waals surface area contributed by atoms with Gasteiger partial charge >= 0.3 is 0 Å². The smallest absolute Gasteiger partial charge is 0.261 e. The first-order valence-electron chi connectivity index (χ1n) is 8.55. The number of amides is 1. The van der Waals surface area contributed by atoms with Crippen LogP contribution in [0, 0.1) is 12.7 Å². The van der Waals surface area contributed by atoms with Crippen LogP contribution in [0.15, 0.2) is 65.6 Å². The molecule has 8 heteroatoms. The number of halogens is 1. The quantitative estimate of drug-likeness (QED) is 0.576. The molecule has 2 aromatic carbocycles. The lowest BCUT2D eigenvalue weighted by molar-refractivity contribution is 0.0958. The minimum Gasteiger partial charge on any atom is -0.350 e. The second kappa shape index (κ2) is 8.64. The fourth-order valence-corrected chi connectivity index (χ4v) is 4.44. The fourth-order valence-electron chi connectivity index (χ4n) is 2.48. The molecule has 146 valence electrons. The Labute approximate surface area is 167 Å². The van der Waals surface area contributed by atoms with Crippen LogP contribution in [0.4, 0.5) is 4.39 Å². The van der Waals surface area contributed by atoms with Gasteiger partial charge in [0, 0.05) is 18.0 Å². The van der Waals surface area contributed by atoms with Crippen molar-refractivity contribution in [3.05, 3.63) is 76.9 Å². The van der Waals surface area contributed by atoms with Gasteiger partial charge in [-0.05, 0) is 48.9 Å². The van der Waals surface area contributed by atoms with Crippen molar-refractivity contribution < 1.29 is 17.6 Å². The summed E-state index contributed by atoms with van der Waals surface area (Å²) >= 11 is 1.29. The van der Waals surface area contributed by atoms with Crippen molar-refractivity contribution in [2.75, 3.05) is 13.1 Å². The maximum Gasteiger partial charge on any atom is 0.261 e. The summed E-state index contributed by atoms with van der Waals surface area (Å²) in [4.78, 5) is 13.8. The molecule has 0 bridgehead atoms. The number of sulfonamides is 1. The highest BCUT2D eigenvalue weighted by molar-refractivity contribution is 7.89. The van der Waals surface area contributed by atoms with Gasteiger partial charge in [0.05, 0.1) is 9.77 Å². The lowest BCUT2D eigenvalue weighted by Gasteiger charge is -2.08. The van der Waals surface area contributed by atoms with E-state index in [1.54, 1.807) is 48.5 Å². The van der Waals surface area contributed by atoms with Crippen molar-refractivity contribution in [2.24, 2.45) is 0 Å². The number of carbonyl (C=O) groups is 1. The average Bonchev–Trinajstić information content (AvgIpc) is 3.16. The van der Waals surface area contributed by atoms with E-state index in [1.807, 2.05) is 6.92 Å². The van der Waals surface area contributed by atoms with Crippen LogP contribution in [-0.4, -0.2) is 27.4 Å². The topological polar surface area (TPSA) is 75.3 Å². The number of carbonyl (C=O) groups excluding carboxylic acids is 1. The van der Waals surface area contributed by atoms with Gasteiger partial charge in [-0.15, -0.1) is 11.3 Å². The van der Waals surface area contributed by atoms with Gasteiger partial charge in [-0.3, -0.25) is 4.79 Å². The van der Waals surface area contributed by atoms with Gasteiger partial charge in [-0.2, -0.15) is 0 Å². The molecule has 5 nitrogen and oxygen atoms in total. The monoisotopic (exact) mass is 418 g/mol. The molecule has 0 aliphatic rings. The number of benzene rings is 2. The van der Waals surface area contributed by atoms with Crippen LogP contribution in [0.3, 0.4) is 0 Å². The number of aryl methyl sites for hydroxylation is 1. The first-order chi connectivity index (χ1) is 13.3. The zero-order chi connectivity index (χ0) is 20.1. The molecule has 1 aromatic heterocycles. The third-order valence-corrected chi connectivity index (χ3v) is 6.60. The van der Waals surface area contributed by atoms with E-state index >= 15 is 0 Å². The zero-order valence-electron chi connectivity index (χ0n) is 15.1. The maximum absolute atomic E-state index is 13.0. The average molecular weight is 419 g/mol. The summed E-state index contributed by atoms with van der Waals surface area (Å²) in [7, 11) is -3.60. The lowest BCUT2D eigenvalue weighted by atomic mass is 10.2. The van der Waals surface area contributed by atoms with Gasteiger partial charge in [-0.25, -0.2) is 17.5 Å². The van der Waals surface area contributed by atoms with E-state index in [1.165, 1.54) is 23.5 Å². The van der Waals surface area contributed by atoms with Gasteiger partial charge in [0.2, 0.25) is 10.0 Å². The molecule has 3 rings (SSSR count). The molecule has 0 spiro atoms. The first-order valence-corrected chi connectivity index (χ1v) is 10.9. The molecule has 0 radical (unpaired) electrons. The van der Waals surface area contributed by atoms with E-state index in [4.69, 9.17) is 0 Å². The highest BCUT2D eigenvalue weighted by Gasteiger charge is 2.14. The number of rotatable bonds is 7.